The number of amides is 1. The lowest BCUT2D eigenvalue weighted by molar-refractivity contribution is -0.122. The first-order valence-electron chi connectivity index (χ1n) is 11.9. The molecule has 2 N–H and O–H groups in total. The molecule has 0 bridgehead atoms. The molecule has 8 heteroatoms. The highest BCUT2D eigenvalue weighted by molar-refractivity contribution is 6.03. The maximum Gasteiger partial charge on any atom is 0.236 e. The summed E-state index contributed by atoms with van der Waals surface area (Å²) < 4.78 is 27.9. The Morgan fingerprint density at radius 2 is 1.81 bits per heavy atom. The van der Waals surface area contributed by atoms with E-state index >= 15 is 0 Å². The van der Waals surface area contributed by atoms with Gasteiger partial charge in [0.15, 0.2) is 0 Å². The molecule has 3 aromatic rings. The molecule has 0 radical (unpaired) electrons. The van der Waals surface area contributed by atoms with Gasteiger partial charge in [-0.25, -0.2) is 13.8 Å². The minimum Gasteiger partial charge on any atom is -0.394 e. The van der Waals surface area contributed by atoms with Gasteiger partial charge >= 0.3 is 0 Å². The molecule has 1 amide bonds. The number of anilines is 2. The molecule has 2 aromatic carbocycles. The molecule has 1 aromatic heterocycles. The SMILES string of the molecule is Cc1ccccc1-c1cc(N2C[C@H](O)C[C@H]2CO)ncc1N(C)C(=O)C(C)(C)c1cc(F)cc(F)c1. The van der Waals surface area contributed by atoms with E-state index in [1.165, 1.54) is 17.0 Å². The van der Waals surface area contributed by atoms with Crippen LogP contribution >= 0.6 is 0 Å². The molecular formula is C28H31F2N3O3. The number of aliphatic hydroxyl groups is 2. The van der Waals surface area contributed by atoms with E-state index in [1.54, 1.807) is 27.1 Å². The number of pyridine rings is 1. The van der Waals surface area contributed by atoms with Gasteiger partial charge in [0.1, 0.15) is 17.5 Å². The quantitative estimate of drug-likeness (QED) is 0.536. The second-order valence-electron chi connectivity index (χ2n) is 9.90. The van der Waals surface area contributed by atoms with Gasteiger partial charge in [0, 0.05) is 25.2 Å². The average Bonchev–Trinajstić information content (AvgIpc) is 3.23. The van der Waals surface area contributed by atoms with Crippen LogP contribution in [0.3, 0.4) is 0 Å². The number of carbonyl (C=O) groups excluding carboxylic acids is 1. The van der Waals surface area contributed by atoms with E-state index in [1.807, 2.05) is 42.2 Å². The van der Waals surface area contributed by atoms with Crippen molar-refractivity contribution < 1.29 is 23.8 Å². The maximum atomic E-state index is 13.9. The fraction of sp³-hybridized carbons (Fsp3) is 0.357. The summed E-state index contributed by atoms with van der Waals surface area (Å²) in [5, 5.41) is 20.0. The van der Waals surface area contributed by atoms with Crippen LogP contribution in [0, 0.1) is 18.6 Å². The van der Waals surface area contributed by atoms with Crippen LogP contribution in [0.4, 0.5) is 20.3 Å². The van der Waals surface area contributed by atoms with Crippen molar-refractivity contribution in [3.63, 3.8) is 0 Å². The predicted molar refractivity (Wildman–Crippen MR) is 136 cm³/mol. The summed E-state index contributed by atoms with van der Waals surface area (Å²) in [6.45, 7) is 5.46. The Kier molecular flexibility index (Phi) is 7.11. The van der Waals surface area contributed by atoms with E-state index in [0.29, 0.717) is 24.5 Å². The van der Waals surface area contributed by atoms with Crippen LogP contribution in [0.2, 0.25) is 0 Å². The molecule has 2 heterocycles. The van der Waals surface area contributed by atoms with Gasteiger partial charge in [0.05, 0.1) is 36.1 Å². The molecule has 0 aliphatic carbocycles. The highest BCUT2D eigenvalue weighted by atomic mass is 19.1. The summed E-state index contributed by atoms with van der Waals surface area (Å²) in [7, 11) is 1.62. The van der Waals surface area contributed by atoms with E-state index < -0.39 is 23.2 Å². The predicted octanol–water partition coefficient (Wildman–Crippen LogP) is 4.21. The first-order chi connectivity index (χ1) is 17.0. The summed E-state index contributed by atoms with van der Waals surface area (Å²) in [6, 6.07) is 12.5. The molecule has 0 saturated carbocycles. The number of halogens is 2. The first-order valence-corrected chi connectivity index (χ1v) is 11.9. The number of nitrogens with zero attached hydrogens (tertiary/aromatic N) is 3. The highest BCUT2D eigenvalue weighted by Crippen LogP contribution is 2.38. The number of aromatic nitrogens is 1. The third-order valence-corrected chi connectivity index (χ3v) is 6.99. The van der Waals surface area contributed by atoms with Gasteiger partial charge < -0.3 is 20.0 Å². The molecule has 190 valence electrons. The maximum absolute atomic E-state index is 13.9. The lowest BCUT2D eigenvalue weighted by Gasteiger charge is -2.32. The van der Waals surface area contributed by atoms with Gasteiger partial charge in [-0.3, -0.25) is 4.79 Å². The molecule has 6 nitrogen and oxygen atoms in total. The number of β-amino-alcohol motifs (C(OH)–C–C–N with tert-alkyl or cyclic N) is 1. The van der Waals surface area contributed by atoms with E-state index in [-0.39, 0.29) is 24.1 Å². The summed E-state index contributed by atoms with van der Waals surface area (Å²) in [5.41, 5.74) is 2.17. The number of hydrogen-bond acceptors (Lipinski definition) is 5. The molecule has 1 aliphatic heterocycles. The zero-order valence-corrected chi connectivity index (χ0v) is 20.9. The van der Waals surface area contributed by atoms with E-state index in [9.17, 15) is 23.8 Å². The van der Waals surface area contributed by atoms with Gasteiger partial charge in [-0.1, -0.05) is 24.3 Å². The van der Waals surface area contributed by atoms with Crippen molar-refractivity contribution in [3.05, 3.63) is 77.5 Å². The summed E-state index contributed by atoms with van der Waals surface area (Å²) in [5.74, 6) is -1.26. The lowest BCUT2D eigenvalue weighted by atomic mass is 9.83. The van der Waals surface area contributed by atoms with E-state index in [0.717, 1.165) is 22.8 Å². The Labute approximate surface area is 209 Å². The van der Waals surface area contributed by atoms with Crippen molar-refractivity contribution >= 4 is 17.4 Å². The monoisotopic (exact) mass is 495 g/mol. The number of likely N-dealkylation sites (N-methyl/N-ethyl adjacent to an activating group) is 1. The largest absolute Gasteiger partial charge is 0.394 e. The van der Waals surface area contributed by atoms with Crippen molar-refractivity contribution in [2.75, 3.05) is 30.0 Å². The third-order valence-electron chi connectivity index (χ3n) is 6.99. The van der Waals surface area contributed by atoms with Gasteiger partial charge in [-0.15, -0.1) is 0 Å². The van der Waals surface area contributed by atoms with Crippen LogP contribution < -0.4 is 9.80 Å². The third kappa shape index (κ3) is 4.83. The number of aliphatic hydroxyl groups excluding tert-OH is 2. The number of aryl methyl sites for hydroxylation is 1. The van der Waals surface area contributed by atoms with Crippen LogP contribution in [-0.4, -0.2) is 53.4 Å². The Balaban J connectivity index is 1.79. The molecule has 1 fully saturated rings. The normalized spacial score (nSPS) is 17.9. The minimum atomic E-state index is -1.22. The lowest BCUT2D eigenvalue weighted by Crippen LogP contribution is -2.42. The van der Waals surface area contributed by atoms with Crippen molar-refractivity contribution in [1.29, 1.82) is 0 Å². The van der Waals surface area contributed by atoms with Gasteiger partial charge in [-0.05, 0) is 62.1 Å². The van der Waals surface area contributed by atoms with Gasteiger partial charge in [-0.2, -0.15) is 0 Å². The number of carbonyl (C=O) groups is 1. The van der Waals surface area contributed by atoms with Crippen molar-refractivity contribution in [1.82, 2.24) is 4.98 Å². The minimum absolute atomic E-state index is 0.114. The van der Waals surface area contributed by atoms with Crippen LogP contribution in [0.5, 0.6) is 0 Å². The van der Waals surface area contributed by atoms with Gasteiger partial charge in [0.2, 0.25) is 5.91 Å². The van der Waals surface area contributed by atoms with Crippen LogP contribution in [0.15, 0.2) is 54.7 Å². The molecule has 1 saturated heterocycles. The molecule has 2 atom stereocenters. The molecular weight excluding hydrogens is 464 g/mol. The first kappa shape index (κ1) is 25.7. The Morgan fingerprint density at radius 1 is 1.14 bits per heavy atom. The zero-order chi connectivity index (χ0) is 26.2. The van der Waals surface area contributed by atoms with E-state index in [4.69, 9.17) is 0 Å². The van der Waals surface area contributed by atoms with Crippen molar-refractivity contribution in [3.8, 4) is 11.1 Å². The van der Waals surface area contributed by atoms with Crippen molar-refractivity contribution in [2.45, 2.75) is 44.8 Å². The second-order valence-corrected chi connectivity index (χ2v) is 9.90. The summed E-state index contributed by atoms with van der Waals surface area (Å²) in [4.78, 5) is 21.6. The fourth-order valence-corrected chi connectivity index (χ4v) is 4.86. The number of hydrogen-bond donors (Lipinski definition) is 2. The molecule has 4 rings (SSSR count). The molecule has 0 spiro atoms. The van der Waals surface area contributed by atoms with Crippen LogP contribution in [0.25, 0.3) is 11.1 Å². The average molecular weight is 496 g/mol. The number of rotatable bonds is 6. The topological polar surface area (TPSA) is 76.9 Å². The Bertz CT molecular complexity index is 1260. The van der Waals surface area contributed by atoms with E-state index in [2.05, 4.69) is 4.98 Å². The zero-order valence-electron chi connectivity index (χ0n) is 20.9. The van der Waals surface area contributed by atoms with Crippen LogP contribution in [-0.2, 0) is 10.2 Å². The highest BCUT2D eigenvalue weighted by Gasteiger charge is 2.36. The second kappa shape index (κ2) is 9.95. The molecule has 0 unspecified atom stereocenters. The fourth-order valence-electron chi connectivity index (χ4n) is 4.86. The number of benzene rings is 2. The smallest absolute Gasteiger partial charge is 0.236 e. The van der Waals surface area contributed by atoms with Crippen molar-refractivity contribution in [2.24, 2.45) is 0 Å². The van der Waals surface area contributed by atoms with Gasteiger partial charge in [0.25, 0.3) is 0 Å². The molecule has 1 aliphatic rings. The Morgan fingerprint density at radius 3 is 2.44 bits per heavy atom. The summed E-state index contributed by atoms with van der Waals surface area (Å²) in [6.07, 6.45) is 1.47. The van der Waals surface area contributed by atoms with Crippen LogP contribution in [0.1, 0.15) is 31.4 Å². The standard InChI is InChI=1S/C28H31F2N3O3/c1-17-7-5-6-8-23(17)24-13-26(33-15-22(35)12-21(33)16-34)31-14-25(24)32(4)27(36)28(2,3)18-9-19(29)11-20(30)10-18/h5-11,13-14,21-22,34-35H,12,15-16H2,1-4H3/t21-,22+/m0/s1. The summed E-state index contributed by atoms with van der Waals surface area (Å²) >= 11 is 0. The molecule has 36 heavy (non-hydrogen) atoms. The Hall–Kier alpha value is -3.36.